The maximum atomic E-state index is 13.5. The molecule has 106 valence electrons. The van der Waals surface area contributed by atoms with Crippen LogP contribution in [0.4, 0.5) is 9.18 Å². The Morgan fingerprint density at radius 3 is 2.85 bits per heavy atom. The Hall–Kier alpha value is -2.59. The van der Waals surface area contributed by atoms with Gasteiger partial charge in [-0.15, -0.1) is 0 Å². The van der Waals surface area contributed by atoms with Gasteiger partial charge in [-0.05, 0) is 18.2 Å². The summed E-state index contributed by atoms with van der Waals surface area (Å²) in [7, 11) is 0. The van der Waals surface area contributed by atoms with Crippen molar-refractivity contribution in [2.45, 2.75) is 0 Å². The molecule has 1 rings (SSSR count). The maximum absolute atomic E-state index is 13.5. The number of aliphatic hydroxyl groups is 1. The molecule has 0 aromatic heterocycles. The molecule has 4 N–H and O–H groups in total. The topological polar surface area (TPSA) is 102 Å². The third-order valence-electron chi connectivity index (χ3n) is 2.15. The van der Waals surface area contributed by atoms with Crippen LogP contribution in [0.3, 0.4) is 0 Å². The summed E-state index contributed by atoms with van der Waals surface area (Å²) in [6.07, 6.45) is -0.952. The summed E-state index contributed by atoms with van der Waals surface area (Å²) in [6.45, 7) is -0.427. The first-order chi connectivity index (χ1) is 9.54. The summed E-state index contributed by atoms with van der Waals surface area (Å²) in [6, 6.07) is 3.77. The Labute approximate surface area is 114 Å². The summed E-state index contributed by atoms with van der Waals surface area (Å²) in [4.78, 5) is 22.0. The zero-order chi connectivity index (χ0) is 15.0. The number of amides is 2. The van der Waals surface area contributed by atoms with Gasteiger partial charge in [0, 0.05) is 5.56 Å². The molecule has 0 saturated heterocycles. The minimum Gasteiger partial charge on any atom is -0.448 e. The average Bonchev–Trinajstić information content (AvgIpc) is 2.42. The molecule has 0 aliphatic rings. The van der Waals surface area contributed by atoms with Crippen LogP contribution in [0.1, 0.15) is 15.9 Å². The molecule has 7 heteroatoms. The molecule has 6 nitrogen and oxygen atoms in total. The van der Waals surface area contributed by atoms with E-state index in [1.807, 2.05) is 0 Å². The molecule has 20 heavy (non-hydrogen) atoms. The van der Waals surface area contributed by atoms with Gasteiger partial charge < -0.3 is 20.9 Å². The number of nitrogens with two attached hydrogens (primary N) is 1. The molecule has 0 radical (unpaired) electrons. The van der Waals surface area contributed by atoms with Crippen molar-refractivity contribution in [3.8, 4) is 11.8 Å². The van der Waals surface area contributed by atoms with E-state index in [9.17, 15) is 14.0 Å². The van der Waals surface area contributed by atoms with Gasteiger partial charge in [0.05, 0.1) is 12.1 Å². The molecule has 1 aromatic rings. The number of hydrogen-bond acceptors (Lipinski definition) is 4. The van der Waals surface area contributed by atoms with Crippen LogP contribution in [0.5, 0.6) is 0 Å². The highest BCUT2D eigenvalue weighted by Crippen LogP contribution is 2.09. The number of carbonyl (C=O) groups excluding carboxylic acids is 2. The highest BCUT2D eigenvalue weighted by atomic mass is 19.1. The van der Waals surface area contributed by atoms with Crippen molar-refractivity contribution < 1.29 is 23.8 Å². The average molecular weight is 280 g/mol. The van der Waals surface area contributed by atoms with Gasteiger partial charge in [-0.2, -0.15) is 0 Å². The van der Waals surface area contributed by atoms with Gasteiger partial charge in [0.2, 0.25) is 0 Å². The van der Waals surface area contributed by atoms with Gasteiger partial charge in [-0.1, -0.05) is 11.8 Å². The Morgan fingerprint density at radius 1 is 1.45 bits per heavy atom. The first-order valence-electron chi connectivity index (χ1n) is 5.64. The smallest absolute Gasteiger partial charge is 0.404 e. The number of benzene rings is 1. The van der Waals surface area contributed by atoms with Gasteiger partial charge in [-0.3, -0.25) is 4.79 Å². The van der Waals surface area contributed by atoms with E-state index in [4.69, 9.17) is 10.8 Å². The fourth-order valence-corrected chi connectivity index (χ4v) is 1.33. The summed E-state index contributed by atoms with van der Waals surface area (Å²) >= 11 is 0. The lowest BCUT2D eigenvalue weighted by Crippen LogP contribution is -2.29. The number of aliphatic hydroxyl groups excluding tert-OH is 1. The lowest BCUT2D eigenvalue weighted by molar-refractivity contribution is 0.0932. The minimum absolute atomic E-state index is 0.00770. The Balaban J connectivity index is 2.69. The van der Waals surface area contributed by atoms with Crippen LogP contribution >= 0.6 is 0 Å². The number of ether oxygens (including phenoxy) is 1. The van der Waals surface area contributed by atoms with E-state index in [0.29, 0.717) is 5.56 Å². The molecule has 0 fully saturated rings. The van der Waals surface area contributed by atoms with E-state index in [1.54, 1.807) is 0 Å². The zero-order valence-electron chi connectivity index (χ0n) is 10.5. The van der Waals surface area contributed by atoms with Gasteiger partial charge in [0.1, 0.15) is 19.0 Å². The van der Waals surface area contributed by atoms with E-state index in [0.717, 1.165) is 6.07 Å². The summed E-state index contributed by atoms with van der Waals surface area (Å²) < 4.78 is 17.9. The molecule has 2 amide bonds. The number of primary amides is 1. The normalized spacial score (nSPS) is 9.30. The zero-order valence-corrected chi connectivity index (χ0v) is 10.5. The fraction of sp³-hybridized carbons (Fsp3) is 0.231. The Bertz CT molecular complexity index is 563. The number of carbonyl (C=O) groups is 2. The van der Waals surface area contributed by atoms with E-state index in [1.165, 1.54) is 12.1 Å². The van der Waals surface area contributed by atoms with Crippen LogP contribution in [0.15, 0.2) is 18.2 Å². The van der Waals surface area contributed by atoms with Gasteiger partial charge in [0.15, 0.2) is 0 Å². The first-order valence-corrected chi connectivity index (χ1v) is 5.64. The number of nitrogens with one attached hydrogen (secondary N) is 1. The Kier molecular flexibility index (Phi) is 6.00. The van der Waals surface area contributed by atoms with Crippen LogP contribution in [0.2, 0.25) is 0 Å². The van der Waals surface area contributed by atoms with E-state index < -0.39 is 17.8 Å². The standard InChI is InChI=1S/C13H13FN2O4/c14-11-4-3-9(2-1-6-17)8-10(11)12(18)16-5-7-20-13(15)19/h3-4,8,17H,5-7H2,(H2,15,19)(H,16,18). The predicted molar refractivity (Wildman–Crippen MR) is 68.2 cm³/mol. The second kappa shape index (κ2) is 7.76. The third-order valence-corrected chi connectivity index (χ3v) is 2.15. The maximum Gasteiger partial charge on any atom is 0.404 e. The molecular formula is C13H13FN2O4. The molecule has 0 aliphatic heterocycles. The van der Waals surface area contributed by atoms with Crippen LogP contribution in [-0.4, -0.2) is 36.9 Å². The number of hydrogen-bond donors (Lipinski definition) is 3. The van der Waals surface area contributed by atoms with Crippen molar-refractivity contribution in [3.63, 3.8) is 0 Å². The van der Waals surface area contributed by atoms with Crippen molar-refractivity contribution in [2.24, 2.45) is 5.73 Å². The van der Waals surface area contributed by atoms with E-state index in [2.05, 4.69) is 21.9 Å². The predicted octanol–water partition coefficient (Wildman–Crippen LogP) is -0.00540. The molecule has 0 bridgehead atoms. The second-order valence-corrected chi connectivity index (χ2v) is 3.58. The van der Waals surface area contributed by atoms with Gasteiger partial charge >= 0.3 is 6.09 Å². The van der Waals surface area contributed by atoms with Crippen molar-refractivity contribution in [2.75, 3.05) is 19.8 Å². The molecule has 0 heterocycles. The monoisotopic (exact) mass is 280 g/mol. The van der Waals surface area contributed by atoms with Crippen molar-refractivity contribution in [1.29, 1.82) is 0 Å². The molecule has 0 unspecified atom stereocenters. The molecule has 1 aromatic carbocycles. The quantitative estimate of drug-likeness (QED) is 0.533. The van der Waals surface area contributed by atoms with Crippen LogP contribution in [0.25, 0.3) is 0 Å². The van der Waals surface area contributed by atoms with Crippen LogP contribution < -0.4 is 11.1 Å². The van der Waals surface area contributed by atoms with Crippen LogP contribution in [0, 0.1) is 17.7 Å². The van der Waals surface area contributed by atoms with Crippen molar-refractivity contribution >= 4 is 12.0 Å². The highest BCUT2D eigenvalue weighted by molar-refractivity contribution is 5.94. The molecule has 0 aliphatic carbocycles. The molecule has 0 atom stereocenters. The largest absolute Gasteiger partial charge is 0.448 e. The van der Waals surface area contributed by atoms with Gasteiger partial charge in [0.25, 0.3) is 5.91 Å². The highest BCUT2D eigenvalue weighted by Gasteiger charge is 2.11. The van der Waals surface area contributed by atoms with Crippen molar-refractivity contribution in [1.82, 2.24) is 5.32 Å². The van der Waals surface area contributed by atoms with Crippen molar-refractivity contribution in [3.05, 3.63) is 35.1 Å². The lowest BCUT2D eigenvalue weighted by atomic mass is 10.1. The van der Waals surface area contributed by atoms with Gasteiger partial charge in [-0.25, -0.2) is 9.18 Å². The van der Waals surface area contributed by atoms with E-state index >= 15 is 0 Å². The minimum atomic E-state index is -0.952. The fourth-order valence-electron chi connectivity index (χ4n) is 1.33. The summed E-state index contributed by atoms with van der Waals surface area (Å²) in [5, 5.41) is 10.9. The van der Waals surface area contributed by atoms with Crippen LogP contribution in [-0.2, 0) is 4.74 Å². The number of halogens is 1. The number of rotatable bonds is 4. The third kappa shape index (κ3) is 4.96. The molecule has 0 saturated carbocycles. The first kappa shape index (κ1) is 15.5. The van der Waals surface area contributed by atoms with E-state index in [-0.39, 0.29) is 25.3 Å². The summed E-state index contributed by atoms with van der Waals surface area (Å²) in [5.74, 6) is 3.60. The lowest BCUT2D eigenvalue weighted by Gasteiger charge is -2.06. The Morgan fingerprint density at radius 2 is 2.20 bits per heavy atom. The molecule has 0 spiro atoms. The SMILES string of the molecule is NC(=O)OCCNC(=O)c1cc(C#CCO)ccc1F. The molecular weight excluding hydrogens is 267 g/mol. The second-order valence-electron chi connectivity index (χ2n) is 3.58. The summed E-state index contributed by atoms with van der Waals surface area (Å²) in [5.41, 5.74) is 4.96.